The SMILES string of the molecule is CC(C)(C)c1ccc(-c2cc(P(C)(O)(O)O)c(C(C)(C)C)c(-c3ccc(C(C)(C)C)cc3C(C)(C)C)c2C(C)(C)C)c(C(C)(C)C)c1. The van der Waals surface area contributed by atoms with Gasteiger partial charge in [0.15, 0.2) is 0 Å². The van der Waals surface area contributed by atoms with Crippen molar-refractivity contribution in [2.75, 3.05) is 6.66 Å². The zero-order valence-electron chi connectivity index (χ0n) is 33.3. The quantitative estimate of drug-likeness (QED) is 0.245. The maximum absolute atomic E-state index is 11.7. The van der Waals surface area contributed by atoms with E-state index in [4.69, 9.17) is 0 Å². The Balaban J connectivity index is 2.88. The molecule has 3 aromatic rings. The fourth-order valence-corrected chi connectivity index (χ4v) is 8.22. The summed E-state index contributed by atoms with van der Waals surface area (Å²) in [5, 5.41) is 0.237. The molecule has 3 rings (SSSR count). The van der Waals surface area contributed by atoms with E-state index < -0.39 is 12.7 Å². The molecule has 47 heavy (non-hydrogen) atoms. The molecule has 0 saturated carbocycles. The van der Waals surface area contributed by atoms with Gasteiger partial charge in [0.05, 0.1) is 0 Å². The molecule has 3 nitrogen and oxygen atoms in total. The zero-order valence-corrected chi connectivity index (χ0v) is 34.2. The molecule has 0 fully saturated rings. The molecule has 3 N–H and O–H groups in total. The maximum atomic E-state index is 11.7. The van der Waals surface area contributed by atoms with Gasteiger partial charge in [-0.2, -0.15) is 0 Å². The third-order valence-electron chi connectivity index (χ3n) is 9.32. The van der Waals surface area contributed by atoms with E-state index >= 15 is 0 Å². The second kappa shape index (κ2) is 11.5. The van der Waals surface area contributed by atoms with Crippen LogP contribution in [0, 0.1) is 0 Å². The molecule has 0 spiro atoms. The molecule has 0 aliphatic carbocycles. The molecule has 0 aromatic heterocycles. The Hall–Kier alpha value is -2.03. The molecule has 0 aliphatic rings. The number of benzene rings is 3. The van der Waals surface area contributed by atoms with Crippen molar-refractivity contribution in [1.29, 1.82) is 0 Å². The van der Waals surface area contributed by atoms with Gasteiger partial charge < -0.3 is 0 Å². The fraction of sp³-hybridized carbons (Fsp3) is 0.581. The van der Waals surface area contributed by atoms with Crippen molar-refractivity contribution >= 4 is 12.6 Å². The number of hydrogen-bond acceptors (Lipinski definition) is 3. The van der Waals surface area contributed by atoms with Crippen molar-refractivity contribution in [3.8, 4) is 22.3 Å². The summed E-state index contributed by atoms with van der Waals surface area (Å²) in [6, 6.07) is 15.5. The molecule has 0 unspecified atom stereocenters. The zero-order chi connectivity index (χ0) is 36.7. The molecule has 3 aromatic carbocycles. The molecule has 0 radical (unpaired) electrons. The summed E-state index contributed by atoms with van der Waals surface area (Å²) in [7, 11) is -5.30. The van der Waals surface area contributed by atoms with Crippen LogP contribution < -0.4 is 5.30 Å². The first kappa shape index (κ1) is 39.4. The van der Waals surface area contributed by atoms with Crippen molar-refractivity contribution < 1.29 is 14.7 Å². The van der Waals surface area contributed by atoms with Crippen LogP contribution in [0.5, 0.6) is 0 Å². The molecule has 0 amide bonds. The molecule has 0 saturated heterocycles. The second-order valence-corrected chi connectivity index (χ2v) is 23.7. The minimum absolute atomic E-state index is 0.0371. The standard InChI is InChI=1S/C43H67O3P/c1-38(2,3)27-20-22-29(32(24-27)40(7,8)9)31-26-34(47(19,44,45)46)37(43(16,17)18)35(36(31)42(13,14)15)30-23-21-28(39(4,5)6)25-33(30)41(10,11)12/h20-26,44-46H,1-19H3. The average molecular weight is 663 g/mol. The number of hydrogen-bond donors (Lipinski definition) is 3. The van der Waals surface area contributed by atoms with Gasteiger partial charge in [-0.3, -0.25) is 0 Å². The summed E-state index contributed by atoms with van der Waals surface area (Å²) in [5.41, 5.74) is 9.55. The van der Waals surface area contributed by atoms with Crippen molar-refractivity contribution in [2.45, 2.75) is 157 Å². The van der Waals surface area contributed by atoms with E-state index in [1.165, 1.54) is 28.9 Å². The van der Waals surface area contributed by atoms with Crippen molar-refractivity contribution in [3.63, 3.8) is 0 Å². The molecule has 0 atom stereocenters. The van der Waals surface area contributed by atoms with Crippen LogP contribution >= 0.6 is 7.28 Å². The Morgan fingerprint density at radius 1 is 0.404 bits per heavy atom. The normalized spacial score (nSPS) is 15.1. The predicted octanol–water partition coefficient (Wildman–Crippen LogP) is 11.3. The Bertz CT molecular complexity index is 1650. The van der Waals surface area contributed by atoms with Crippen LogP contribution in [-0.2, 0) is 32.5 Å². The first-order chi connectivity index (χ1) is 20.5. The summed E-state index contributed by atoms with van der Waals surface area (Å²) in [6.45, 7) is 41.3. The topological polar surface area (TPSA) is 60.7 Å². The van der Waals surface area contributed by atoms with E-state index in [0.717, 1.165) is 33.4 Å². The first-order valence-electron chi connectivity index (χ1n) is 17.3. The van der Waals surface area contributed by atoms with Crippen molar-refractivity contribution in [2.24, 2.45) is 0 Å². The van der Waals surface area contributed by atoms with Crippen molar-refractivity contribution in [1.82, 2.24) is 0 Å². The van der Waals surface area contributed by atoms with Gasteiger partial charge in [0, 0.05) is 0 Å². The average Bonchev–Trinajstić information content (AvgIpc) is 2.82. The van der Waals surface area contributed by atoms with Crippen LogP contribution in [0.3, 0.4) is 0 Å². The van der Waals surface area contributed by atoms with E-state index in [0.29, 0.717) is 0 Å². The van der Waals surface area contributed by atoms with Gasteiger partial charge in [-0.1, -0.05) is 0 Å². The first-order valence-corrected chi connectivity index (χ1v) is 19.9. The molecule has 262 valence electrons. The summed E-state index contributed by atoms with van der Waals surface area (Å²) < 4.78 is 0. The molecule has 0 aliphatic heterocycles. The number of rotatable bonds is 3. The Morgan fingerprint density at radius 3 is 1.09 bits per heavy atom. The van der Waals surface area contributed by atoms with Crippen LogP contribution in [0.15, 0.2) is 42.5 Å². The molecule has 0 bridgehead atoms. The molecule has 4 heteroatoms. The second-order valence-electron chi connectivity index (χ2n) is 20.5. The van der Waals surface area contributed by atoms with Gasteiger partial charge in [-0.15, -0.1) is 0 Å². The summed E-state index contributed by atoms with van der Waals surface area (Å²) in [5.74, 6) is 0. The predicted molar refractivity (Wildman–Crippen MR) is 209 cm³/mol. The summed E-state index contributed by atoms with van der Waals surface area (Å²) in [6.07, 6.45) is 0. The summed E-state index contributed by atoms with van der Waals surface area (Å²) in [4.78, 5) is 35.2. The van der Waals surface area contributed by atoms with Gasteiger partial charge in [0.25, 0.3) is 0 Å². The van der Waals surface area contributed by atoms with Crippen molar-refractivity contribution in [3.05, 3.63) is 75.8 Å². The van der Waals surface area contributed by atoms with Gasteiger partial charge in [-0.25, -0.2) is 0 Å². The van der Waals surface area contributed by atoms with E-state index in [1.54, 1.807) is 0 Å². The Kier molecular flexibility index (Phi) is 9.65. The van der Waals surface area contributed by atoms with E-state index in [1.807, 2.05) is 6.07 Å². The van der Waals surface area contributed by atoms with Gasteiger partial charge in [-0.05, 0) is 0 Å². The third-order valence-corrected chi connectivity index (χ3v) is 10.8. The molecular weight excluding hydrogens is 595 g/mol. The van der Waals surface area contributed by atoms with Crippen LogP contribution in [0.2, 0.25) is 0 Å². The molecule has 0 heterocycles. The van der Waals surface area contributed by atoms with Gasteiger partial charge in [0.1, 0.15) is 0 Å². The summed E-state index contributed by atoms with van der Waals surface area (Å²) >= 11 is 0. The third kappa shape index (κ3) is 8.41. The Labute approximate surface area is 288 Å². The Morgan fingerprint density at radius 2 is 0.766 bits per heavy atom. The van der Waals surface area contributed by atoms with Crippen LogP contribution in [-0.4, -0.2) is 21.3 Å². The van der Waals surface area contributed by atoms with Gasteiger partial charge in [0.2, 0.25) is 0 Å². The fourth-order valence-electron chi connectivity index (χ4n) is 6.82. The minimum atomic E-state index is -5.30. The van der Waals surface area contributed by atoms with E-state index in [2.05, 4.69) is 161 Å². The van der Waals surface area contributed by atoms with E-state index in [-0.39, 0.29) is 32.4 Å². The van der Waals surface area contributed by atoms with Crippen LogP contribution in [0.1, 0.15) is 158 Å². The van der Waals surface area contributed by atoms with Crippen LogP contribution in [0.4, 0.5) is 0 Å². The van der Waals surface area contributed by atoms with Gasteiger partial charge >= 0.3 is 289 Å². The monoisotopic (exact) mass is 662 g/mol. The van der Waals surface area contributed by atoms with E-state index in [9.17, 15) is 14.7 Å². The molecular formula is C43H67O3P. The van der Waals surface area contributed by atoms with Crippen LogP contribution in [0.25, 0.3) is 22.3 Å².